The third kappa shape index (κ3) is 6.70. The third-order valence-electron chi connectivity index (χ3n) is 3.04. The molecular weight excluding hydrogens is 280 g/mol. The van der Waals surface area contributed by atoms with Crippen LogP contribution in [-0.2, 0) is 9.53 Å². The maximum absolute atomic E-state index is 12.0. The van der Waals surface area contributed by atoms with Gasteiger partial charge in [-0.3, -0.25) is 4.79 Å². The number of pyridine rings is 1. The Labute approximate surface area is 132 Å². The van der Waals surface area contributed by atoms with Crippen molar-refractivity contribution < 1.29 is 14.3 Å². The van der Waals surface area contributed by atoms with Crippen LogP contribution < -0.4 is 5.32 Å². The maximum Gasteiger partial charge on any atom is 0.339 e. The van der Waals surface area contributed by atoms with Crippen LogP contribution in [0.4, 0.5) is 5.82 Å². The quantitative estimate of drug-likeness (QED) is 0.814. The molecular formula is C17H26N2O3. The van der Waals surface area contributed by atoms with E-state index < -0.39 is 5.97 Å². The molecule has 1 atom stereocenters. The van der Waals surface area contributed by atoms with Gasteiger partial charge in [-0.2, -0.15) is 0 Å². The van der Waals surface area contributed by atoms with Gasteiger partial charge in [-0.1, -0.05) is 27.7 Å². The number of amides is 1. The highest BCUT2D eigenvalue weighted by Gasteiger charge is 2.18. The molecule has 0 spiro atoms. The second kappa shape index (κ2) is 7.92. The third-order valence-corrected chi connectivity index (χ3v) is 3.04. The number of nitrogens with one attached hydrogen (secondary N) is 1. The monoisotopic (exact) mass is 306 g/mol. The summed E-state index contributed by atoms with van der Waals surface area (Å²) >= 11 is 0. The van der Waals surface area contributed by atoms with Crippen molar-refractivity contribution in [2.24, 2.45) is 11.3 Å². The first-order chi connectivity index (χ1) is 10.2. The molecule has 122 valence electrons. The second-order valence-electron chi connectivity index (χ2n) is 6.77. The molecule has 1 aromatic heterocycles. The van der Waals surface area contributed by atoms with Crippen LogP contribution in [0.2, 0.25) is 0 Å². The minimum atomic E-state index is -0.410. The molecule has 1 unspecified atom stereocenters. The minimum absolute atomic E-state index is 0.0619. The lowest BCUT2D eigenvalue weighted by molar-refractivity contribution is -0.117. The zero-order valence-corrected chi connectivity index (χ0v) is 14.1. The van der Waals surface area contributed by atoms with Crippen LogP contribution in [0.15, 0.2) is 18.3 Å². The largest absolute Gasteiger partial charge is 0.462 e. The highest BCUT2D eigenvalue weighted by molar-refractivity contribution is 5.91. The van der Waals surface area contributed by atoms with E-state index in [4.69, 9.17) is 4.74 Å². The molecule has 22 heavy (non-hydrogen) atoms. The maximum atomic E-state index is 12.0. The van der Waals surface area contributed by atoms with E-state index >= 15 is 0 Å². The Kier molecular flexibility index (Phi) is 6.53. The van der Waals surface area contributed by atoms with Gasteiger partial charge in [0.05, 0.1) is 12.2 Å². The summed E-state index contributed by atoms with van der Waals surface area (Å²) in [6.07, 6.45) is 2.85. The number of hydrogen-bond acceptors (Lipinski definition) is 4. The van der Waals surface area contributed by atoms with Crippen LogP contribution in [0.1, 0.15) is 57.8 Å². The Morgan fingerprint density at radius 1 is 1.32 bits per heavy atom. The first-order valence-electron chi connectivity index (χ1n) is 7.64. The van der Waals surface area contributed by atoms with Crippen LogP contribution in [0.25, 0.3) is 0 Å². The molecule has 0 saturated heterocycles. The van der Waals surface area contributed by atoms with Gasteiger partial charge in [-0.15, -0.1) is 0 Å². The lowest BCUT2D eigenvalue weighted by Crippen LogP contribution is -2.19. The summed E-state index contributed by atoms with van der Waals surface area (Å²) in [5, 5.41) is 2.75. The van der Waals surface area contributed by atoms with Gasteiger partial charge in [0.25, 0.3) is 0 Å². The number of nitrogens with zero attached hydrogens (tertiary/aromatic N) is 1. The summed E-state index contributed by atoms with van der Waals surface area (Å²) in [6, 6.07) is 3.21. The SMILES string of the molecule is CCOC(=O)c1ccc(NC(=O)CC(C)CC(C)(C)C)nc1. The van der Waals surface area contributed by atoms with E-state index in [9.17, 15) is 9.59 Å². The van der Waals surface area contributed by atoms with E-state index in [0.29, 0.717) is 30.3 Å². The molecule has 0 saturated carbocycles. The molecule has 5 nitrogen and oxygen atoms in total. The molecule has 0 fully saturated rings. The zero-order valence-electron chi connectivity index (χ0n) is 14.1. The Morgan fingerprint density at radius 3 is 2.50 bits per heavy atom. The number of esters is 1. The lowest BCUT2D eigenvalue weighted by Gasteiger charge is -2.22. The first kappa shape index (κ1) is 18.1. The van der Waals surface area contributed by atoms with E-state index in [1.165, 1.54) is 6.20 Å². The van der Waals surface area contributed by atoms with Gasteiger partial charge in [0, 0.05) is 12.6 Å². The normalized spacial score (nSPS) is 12.6. The molecule has 0 radical (unpaired) electrons. The Balaban J connectivity index is 2.53. The summed E-state index contributed by atoms with van der Waals surface area (Å²) in [7, 11) is 0. The zero-order chi connectivity index (χ0) is 16.8. The number of carbonyl (C=O) groups excluding carboxylic acids is 2. The molecule has 0 aliphatic rings. The predicted octanol–water partition coefficient (Wildman–Crippen LogP) is 3.66. The molecule has 1 amide bonds. The van der Waals surface area contributed by atoms with Crippen molar-refractivity contribution in [2.75, 3.05) is 11.9 Å². The average Bonchev–Trinajstić information content (AvgIpc) is 2.37. The van der Waals surface area contributed by atoms with Crippen LogP contribution in [0, 0.1) is 11.3 Å². The van der Waals surface area contributed by atoms with Crippen molar-refractivity contribution in [2.45, 2.75) is 47.5 Å². The lowest BCUT2D eigenvalue weighted by atomic mass is 9.84. The van der Waals surface area contributed by atoms with Crippen LogP contribution in [0.3, 0.4) is 0 Å². The highest BCUT2D eigenvalue weighted by Crippen LogP contribution is 2.26. The molecule has 0 aliphatic heterocycles. The van der Waals surface area contributed by atoms with Crippen molar-refractivity contribution in [3.63, 3.8) is 0 Å². The number of hydrogen-bond donors (Lipinski definition) is 1. The summed E-state index contributed by atoms with van der Waals surface area (Å²) in [4.78, 5) is 27.6. The van der Waals surface area contributed by atoms with E-state index in [-0.39, 0.29) is 11.3 Å². The summed E-state index contributed by atoms with van der Waals surface area (Å²) < 4.78 is 4.88. The highest BCUT2D eigenvalue weighted by atomic mass is 16.5. The van der Waals surface area contributed by atoms with E-state index in [2.05, 4.69) is 38.0 Å². The van der Waals surface area contributed by atoms with Gasteiger partial charge < -0.3 is 10.1 Å². The van der Waals surface area contributed by atoms with Crippen LogP contribution in [-0.4, -0.2) is 23.5 Å². The van der Waals surface area contributed by atoms with Crippen LogP contribution in [0.5, 0.6) is 0 Å². The minimum Gasteiger partial charge on any atom is -0.462 e. The number of ether oxygens (including phenoxy) is 1. The van der Waals surface area contributed by atoms with Crippen molar-refractivity contribution >= 4 is 17.7 Å². The fourth-order valence-corrected chi connectivity index (χ4v) is 2.43. The molecule has 1 heterocycles. The molecule has 5 heteroatoms. The van der Waals surface area contributed by atoms with Crippen molar-refractivity contribution in [1.29, 1.82) is 0 Å². The van der Waals surface area contributed by atoms with Crippen molar-refractivity contribution in [1.82, 2.24) is 4.98 Å². The van der Waals surface area contributed by atoms with Gasteiger partial charge in [0.15, 0.2) is 0 Å². The van der Waals surface area contributed by atoms with Crippen molar-refractivity contribution in [3.8, 4) is 0 Å². The number of rotatable bonds is 6. The molecule has 0 aliphatic carbocycles. The molecule has 1 aromatic rings. The summed E-state index contributed by atoms with van der Waals surface area (Å²) in [5.74, 6) is 0.277. The Morgan fingerprint density at radius 2 is 2.00 bits per heavy atom. The van der Waals surface area contributed by atoms with Crippen LogP contribution >= 0.6 is 0 Å². The second-order valence-corrected chi connectivity index (χ2v) is 6.77. The fraction of sp³-hybridized carbons (Fsp3) is 0.588. The Hall–Kier alpha value is -1.91. The van der Waals surface area contributed by atoms with E-state index in [1.54, 1.807) is 19.1 Å². The average molecular weight is 306 g/mol. The standard InChI is InChI=1S/C17H26N2O3/c1-6-22-16(21)13-7-8-14(18-11-13)19-15(20)9-12(2)10-17(3,4)5/h7-8,11-12H,6,9-10H2,1-5H3,(H,18,19,20). The van der Waals surface area contributed by atoms with Crippen molar-refractivity contribution in [3.05, 3.63) is 23.9 Å². The number of anilines is 1. The molecule has 0 bridgehead atoms. The van der Waals surface area contributed by atoms with Gasteiger partial charge in [-0.05, 0) is 36.8 Å². The van der Waals surface area contributed by atoms with Gasteiger partial charge in [0.1, 0.15) is 5.82 Å². The van der Waals surface area contributed by atoms with E-state index in [0.717, 1.165) is 6.42 Å². The van der Waals surface area contributed by atoms with Gasteiger partial charge in [-0.25, -0.2) is 9.78 Å². The molecule has 0 aromatic carbocycles. The van der Waals surface area contributed by atoms with Gasteiger partial charge in [0.2, 0.25) is 5.91 Å². The van der Waals surface area contributed by atoms with E-state index in [1.807, 2.05) is 0 Å². The number of carbonyl (C=O) groups is 2. The molecule has 1 N–H and O–H groups in total. The Bertz CT molecular complexity index is 504. The smallest absolute Gasteiger partial charge is 0.339 e. The number of aromatic nitrogens is 1. The first-order valence-corrected chi connectivity index (χ1v) is 7.64. The summed E-state index contributed by atoms with van der Waals surface area (Å²) in [6.45, 7) is 10.6. The van der Waals surface area contributed by atoms with Gasteiger partial charge >= 0.3 is 5.97 Å². The molecule has 1 rings (SSSR count). The fourth-order valence-electron chi connectivity index (χ4n) is 2.43. The summed E-state index contributed by atoms with van der Waals surface area (Å²) in [5.41, 5.74) is 0.583. The topological polar surface area (TPSA) is 68.3 Å². The predicted molar refractivity (Wildman–Crippen MR) is 86.7 cm³/mol.